The Kier molecular flexibility index (Phi) is 1.73. The fourth-order valence-electron chi connectivity index (χ4n) is 1.28. The van der Waals surface area contributed by atoms with Gasteiger partial charge in [-0.3, -0.25) is 4.79 Å². The lowest BCUT2D eigenvalue weighted by molar-refractivity contribution is 0.112. The van der Waals surface area contributed by atoms with Gasteiger partial charge in [0, 0.05) is 6.54 Å². The van der Waals surface area contributed by atoms with Gasteiger partial charge in [0.15, 0.2) is 6.29 Å². The van der Waals surface area contributed by atoms with E-state index in [0.29, 0.717) is 0 Å². The van der Waals surface area contributed by atoms with Gasteiger partial charge < -0.3 is 5.32 Å². The molecule has 0 aromatic carbocycles. The molecular weight excluding hydrogens is 226 g/mol. The molecule has 2 nitrogen and oxygen atoms in total. The fraction of sp³-hybridized carbons (Fsp3) is 0.286. The molecule has 0 fully saturated rings. The molecule has 0 radical (unpaired) electrons. The van der Waals surface area contributed by atoms with E-state index in [-0.39, 0.29) is 0 Å². The van der Waals surface area contributed by atoms with Crippen molar-refractivity contribution in [2.24, 2.45) is 0 Å². The molecule has 1 aliphatic rings. The van der Waals surface area contributed by atoms with Crippen LogP contribution in [0.3, 0.4) is 0 Å². The monoisotopic (exact) mass is 231 g/mol. The normalized spacial score (nSPS) is 14.3. The molecule has 1 aromatic heterocycles. The molecule has 0 saturated carbocycles. The van der Waals surface area contributed by atoms with Gasteiger partial charge in [0.2, 0.25) is 0 Å². The van der Waals surface area contributed by atoms with E-state index in [1.807, 2.05) is 0 Å². The molecule has 2 rings (SSSR count). The van der Waals surface area contributed by atoms with Crippen LogP contribution in [0.2, 0.25) is 0 Å². The largest absolute Gasteiger partial charge is 0.383 e. The molecule has 0 aliphatic carbocycles. The van der Waals surface area contributed by atoms with Crippen molar-refractivity contribution in [3.05, 3.63) is 14.2 Å². The molecule has 0 atom stereocenters. The van der Waals surface area contributed by atoms with Crippen molar-refractivity contribution in [3.63, 3.8) is 0 Å². The average Bonchev–Trinajstić information content (AvgIpc) is 2.54. The molecule has 4 heteroatoms. The third kappa shape index (κ3) is 1.01. The van der Waals surface area contributed by atoms with Gasteiger partial charge in [-0.05, 0) is 27.9 Å². The van der Waals surface area contributed by atoms with Gasteiger partial charge in [-0.15, -0.1) is 11.3 Å². The van der Waals surface area contributed by atoms with Crippen LogP contribution in [-0.4, -0.2) is 12.8 Å². The number of carbonyl (C=O) groups is 1. The van der Waals surface area contributed by atoms with E-state index in [0.717, 1.165) is 33.6 Å². The van der Waals surface area contributed by atoms with Crippen LogP contribution in [0.4, 0.5) is 5.69 Å². The van der Waals surface area contributed by atoms with E-state index < -0.39 is 0 Å². The second kappa shape index (κ2) is 2.60. The second-order valence-corrected chi connectivity index (χ2v) is 4.76. The molecule has 0 saturated heterocycles. The van der Waals surface area contributed by atoms with Gasteiger partial charge in [-0.25, -0.2) is 0 Å². The van der Waals surface area contributed by atoms with Gasteiger partial charge >= 0.3 is 0 Å². The number of carbonyl (C=O) groups excluding carboxylic acids is 1. The number of thiophene rings is 1. The first-order valence-corrected chi connectivity index (χ1v) is 4.94. The zero-order valence-corrected chi connectivity index (χ0v) is 8.09. The first-order valence-electron chi connectivity index (χ1n) is 3.33. The maximum atomic E-state index is 10.5. The molecule has 11 heavy (non-hydrogen) atoms. The number of aldehydes is 1. The highest BCUT2D eigenvalue weighted by molar-refractivity contribution is 9.11. The van der Waals surface area contributed by atoms with Crippen molar-refractivity contribution < 1.29 is 4.79 Å². The molecule has 1 aromatic rings. The lowest BCUT2D eigenvalue weighted by atomic mass is 10.2. The minimum atomic E-state index is 0.858. The molecule has 1 aliphatic heterocycles. The molecule has 2 heterocycles. The minimum absolute atomic E-state index is 0.858. The number of anilines is 1. The lowest BCUT2D eigenvalue weighted by Gasteiger charge is -1.91. The van der Waals surface area contributed by atoms with Gasteiger partial charge in [0.05, 0.1) is 14.4 Å². The Morgan fingerprint density at radius 2 is 2.45 bits per heavy atom. The van der Waals surface area contributed by atoms with Gasteiger partial charge in [0.1, 0.15) is 0 Å². The number of hydrogen-bond donors (Lipinski definition) is 1. The van der Waals surface area contributed by atoms with E-state index in [1.54, 1.807) is 0 Å². The molecule has 0 amide bonds. The molecule has 1 N–H and O–H groups in total. The average molecular weight is 232 g/mol. The summed E-state index contributed by atoms with van der Waals surface area (Å²) >= 11 is 4.91. The van der Waals surface area contributed by atoms with Crippen LogP contribution < -0.4 is 5.32 Å². The van der Waals surface area contributed by atoms with E-state index in [9.17, 15) is 4.79 Å². The summed E-state index contributed by atoms with van der Waals surface area (Å²) < 4.78 is 1.05. The van der Waals surface area contributed by atoms with Crippen molar-refractivity contribution in [1.82, 2.24) is 0 Å². The van der Waals surface area contributed by atoms with Crippen LogP contribution in [-0.2, 0) is 6.42 Å². The number of halogens is 1. The Morgan fingerprint density at radius 3 is 3.18 bits per heavy atom. The Hall–Kier alpha value is -0.350. The maximum absolute atomic E-state index is 10.5. The highest BCUT2D eigenvalue weighted by Gasteiger charge is 2.19. The number of rotatable bonds is 1. The van der Waals surface area contributed by atoms with Gasteiger partial charge in [0.25, 0.3) is 0 Å². The number of fused-ring (bicyclic) bond motifs is 1. The minimum Gasteiger partial charge on any atom is -0.383 e. The van der Waals surface area contributed by atoms with E-state index in [2.05, 4.69) is 21.2 Å². The molecule has 0 unspecified atom stereocenters. The summed E-state index contributed by atoms with van der Waals surface area (Å²) in [6, 6.07) is 0. The van der Waals surface area contributed by atoms with Crippen molar-refractivity contribution in [1.29, 1.82) is 0 Å². The number of nitrogens with one attached hydrogen (secondary N) is 1. The topological polar surface area (TPSA) is 29.1 Å². The standard InChI is InChI=1S/C7H6BrNOS/c8-7-6-4(1-2-9-6)5(3-10)11-7/h3,9H,1-2H2. The molecule has 58 valence electrons. The smallest absolute Gasteiger partial charge is 0.160 e. The van der Waals surface area contributed by atoms with Crippen molar-refractivity contribution >= 4 is 39.2 Å². The zero-order chi connectivity index (χ0) is 7.84. The van der Waals surface area contributed by atoms with E-state index in [1.165, 1.54) is 16.9 Å². The Morgan fingerprint density at radius 1 is 1.64 bits per heavy atom. The predicted octanol–water partition coefficient (Wildman–Crippen LogP) is 2.29. The Bertz CT molecular complexity index is 308. The number of hydrogen-bond acceptors (Lipinski definition) is 3. The summed E-state index contributed by atoms with van der Waals surface area (Å²) in [7, 11) is 0. The highest BCUT2D eigenvalue weighted by Crippen LogP contribution is 2.39. The fourth-order valence-corrected chi connectivity index (χ4v) is 3.05. The molecular formula is C7H6BrNOS. The van der Waals surface area contributed by atoms with E-state index in [4.69, 9.17) is 0 Å². The third-order valence-corrected chi connectivity index (χ3v) is 3.61. The van der Waals surface area contributed by atoms with Gasteiger partial charge in [-0.2, -0.15) is 0 Å². The SMILES string of the molecule is O=Cc1sc(Br)c2c1CCN2. The summed E-state index contributed by atoms with van der Waals surface area (Å²) in [5.41, 5.74) is 2.30. The second-order valence-electron chi connectivity index (χ2n) is 2.39. The Balaban J connectivity index is 2.60. The first-order chi connectivity index (χ1) is 5.33. The maximum Gasteiger partial charge on any atom is 0.160 e. The van der Waals surface area contributed by atoms with Crippen LogP contribution in [0.5, 0.6) is 0 Å². The van der Waals surface area contributed by atoms with Crippen molar-refractivity contribution in [2.75, 3.05) is 11.9 Å². The zero-order valence-electron chi connectivity index (χ0n) is 5.69. The summed E-state index contributed by atoms with van der Waals surface area (Å²) in [6.45, 7) is 0.956. The Labute approximate surface area is 76.7 Å². The predicted molar refractivity (Wildman–Crippen MR) is 49.6 cm³/mol. The summed E-state index contributed by atoms with van der Waals surface area (Å²) in [6.07, 6.45) is 1.91. The highest BCUT2D eigenvalue weighted by atomic mass is 79.9. The summed E-state index contributed by atoms with van der Waals surface area (Å²) in [5.74, 6) is 0. The first kappa shape index (κ1) is 7.31. The third-order valence-electron chi connectivity index (χ3n) is 1.78. The van der Waals surface area contributed by atoms with Crippen molar-refractivity contribution in [3.8, 4) is 0 Å². The summed E-state index contributed by atoms with van der Waals surface area (Å²) in [5, 5.41) is 3.23. The quantitative estimate of drug-likeness (QED) is 0.752. The van der Waals surface area contributed by atoms with Crippen LogP contribution in [0, 0.1) is 0 Å². The lowest BCUT2D eigenvalue weighted by Crippen LogP contribution is -1.91. The van der Waals surface area contributed by atoms with Crippen molar-refractivity contribution in [2.45, 2.75) is 6.42 Å². The van der Waals surface area contributed by atoms with Crippen LogP contribution in [0.25, 0.3) is 0 Å². The van der Waals surface area contributed by atoms with E-state index >= 15 is 0 Å². The van der Waals surface area contributed by atoms with Crippen LogP contribution in [0.15, 0.2) is 3.79 Å². The van der Waals surface area contributed by atoms with Crippen LogP contribution >= 0.6 is 27.3 Å². The van der Waals surface area contributed by atoms with Gasteiger partial charge in [-0.1, -0.05) is 0 Å². The summed E-state index contributed by atoms with van der Waals surface area (Å²) in [4.78, 5) is 11.4. The molecule has 0 spiro atoms. The van der Waals surface area contributed by atoms with Crippen LogP contribution in [0.1, 0.15) is 15.2 Å². The molecule has 0 bridgehead atoms.